The molecule has 0 radical (unpaired) electrons. The second kappa shape index (κ2) is 6.59. The van der Waals surface area contributed by atoms with E-state index in [1.54, 1.807) is 30.3 Å². The minimum absolute atomic E-state index is 0.201. The van der Waals surface area contributed by atoms with E-state index in [-0.39, 0.29) is 5.57 Å². The molecule has 0 amide bonds. The molecular weight excluding hydrogens is 279 g/mol. The molecule has 1 unspecified atom stereocenters. The van der Waals surface area contributed by atoms with Crippen LogP contribution < -0.4 is 4.52 Å². The molecule has 0 saturated heterocycles. The highest BCUT2D eigenvalue weighted by molar-refractivity contribution is 7.81. The zero-order valence-electron chi connectivity index (χ0n) is 9.67. The summed E-state index contributed by atoms with van der Waals surface area (Å²) in [4.78, 5) is 11.0. The van der Waals surface area contributed by atoms with Crippen molar-refractivity contribution in [2.75, 3.05) is 6.79 Å². The van der Waals surface area contributed by atoms with E-state index >= 15 is 0 Å². The number of ether oxygens (including phenoxy) is 1. The monoisotopic (exact) mass is 290 g/mol. The van der Waals surface area contributed by atoms with Gasteiger partial charge in [0.15, 0.2) is 0 Å². The Balaban J connectivity index is 2.43. The van der Waals surface area contributed by atoms with E-state index in [0.717, 1.165) is 0 Å². The summed E-state index contributed by atoms with van der Waals surface area (Å²) in [6, 6.07) is 8.28. The predicted molar refractivity (Wildman–Crippen MR) is 67.4 cm³/mol. The number of esters is 1. The van der Waals surface area contributed by atoms with E-state index in [9.17, 15) is 9.36 Å². The van der Waals surface area contributed by atoms with Crippen molar-refractivity contribution in [2.24, 2.45) is 0 Å². The van der Waals surface area contributed by atoms with Crippen LogP contribution in [0, 0.1) is 0 Å². The van der Waals surface area contributed by atoms with Crippen LogP contribution in [-0.2, 0) is 18.6 Å². The van der Waals surface area contributed by atoms with Crippen molar-refractivity contribution in [2.45, 2.75) is 6.92 Å². The second-order valence-corrected chi connectivity index (χ2v) is 5.84. The number of carbonyl (C=O) groups is 1. The molecule has 0 heterocycles. The van der Waals surface area contributed by atoms with Crippen LogP contribution in [0.4, 0.5) is 0 Å². The normalized spacial score (nSPS) is 13.4. The van der Waals surface area contributed by atoms with Gasteiger partial charge in [-0.05, 0) is 19.1 Å². The molecule has 0 aliphatic carbocycles. The Bertz CT molecular complexity index is 474. The molecule has 1 rings (SSSR count). The highest BCUT2D eigenvalue weighted by Crippen LogP contribution is 2.53. The molecule has 7 heteroatoms. The number of hydrogen-bond donors (Lipinski definition) is 0. The lowest BCUT2D eigenvalue weighted by molar-refractivity contribution is -0.145. The Morgan fingerprint density at radius 2 is 2.00 bits per heavy atom. The summed E-state index contributed by atoms with van der Waals surface area (Å²) >= 11 is 5.53. The van der Waals surface area contributed by atoms with Gasteiger partial charge in [0, 0.05) is 16.8 Å². The Labute approximate surface area is 110 Å². The van der Waals surface area contributed by atoms with Gasteiger partial charge in [-0.1, -0.05) is 24.8 Å². The van der Waals surface area contributed by atoms with Crippen molar-refractivity contribution in [3.05, 3.63) is 42.5 Å². The van der Waals surface area contributed by atoms with Gasteiger partial charge < -0.3 is 9.26 Å². The van der Waals surface area contributed by atoms with Crippen molar-refractivity contribution < 1.29 is 23.1 Å². The zero-order valence-corrected chi connectivity index (χ0v) is 11.3. The lowest BCUT2D eigenvalue weighted by atomic mass is 10.3. The lowest BCUT2D eigenvalue weighted by Gasteiger charge is -2.12. The summed E-state index contributed by atoms with van der Waals surface area (Å²) in [6.07, 6.45) is 0. The first-order chi connectivity index (χ1) is 8.41. The molecule has 18 heavy (non-hydrogen) atoms. The van der Waals surface area contributed by atoms with Gasteiger partial charge in [-0.2, -0.15) is 0 Å². The number of halogens is 1. The summed E-state index contributed by atoms with van der Waals surface area (Å²) in [5.41, 5.74) is 0.201. The molecule has 0 aromatic heterocycles. The van der Waals surface area contributed by atoms with Crippen molar-refractivity contribution in [3.8, 4) is 5.75 Å². The highest BCUT2D eigenvalue weighted by Gasteiger charge is 2.23. The van der Waals surface area contributed by atoms with Crippen LogP contribution >= 0.6 is 18.2 Å². The molecule has 0 fully saturated rings. The first kappa shape index (κ1) is 14.8. The van der Waals surface area contributed by atoms with Crippen LogP contribution in [0.15, 0.2) is 42.5 Å². The van der Waals surface area contributed by atoms with Crippen molar-refractivity contribution in [3.63, 3.8) is 0 Å². The number of rotatable bonds is 6. The van der Waals surface area contributed by atoms with Gasteiger partial charge in [-0.25, -0.2) is 13.9 Å². The Kier molecular flexibility index (Phi) is 5.41. The Morgan fingerprint density at radius 3 is 2.56 bits per heavy atom. The van der Waals surface area contributed by atoms with Gasteiger partial charge in [0.2, 0.25) is 6.79 Å². The van der Waals surface area contributed by atoms with Gasteiger partial charge in [0.1, 0.15) is 5.75 Å². The van der Waals surface area contributed by atoms with Crippen LogP contribution in [-0.4, -0.2) is 12.8 Å². The standard InChI is InChI=1S/C11H12ClO5P/c1-9(2)11(13)15-8-16-18(12,14)17-10-6-4-3-5-7-10/h3-7H,1,8H2,2H3. The fourth-order valence-corrected chi connectivity index (χ4v) is 1.86. The smallest absolute Gasteiger partial charge is 0.435 e. The second-order valence-electron chi connectivity index (χ2n) is 3.29. The minimum Gasteiger partial charge on any atom is -0.435 e. The molecule has 5 nitrogen and oxygen atoms in total. The minimum atomic E-state index is -3.84. The van der Waals surface area contributed by atoms with E-state index in [1.165, 1.54) is 6.92 Å². The third-order valence-electron chi connectivity index (χ3n) is 1.70. The molecule has 0 saturated carbocycles. The number of carbonyl (C=O) groups excluding carboxylic acids is 1. The topological polar surface area (TPSA) is 61.8 Å². The number of hydrogen-bond acceptors (Lipinski definition) is 5. The summed E-state index contributed by atoms with van der Waals surface area (Å²) in [6.45, 7) is 0.444. The third kappa shape index (κ3) is 5.36. The summed E-state index contributed by atoms with van der Waals surface area (Å²) in [7, 11) is 0. The van der Waals surface area contributed by atoms with Gasteiger partial charge in [-0.15, -0.1) is 0 Å². The molecule has 0 N–H and O–H groups in total. The van der Waals surface area contributed by atoms with Gasteiger partial charge in [0.05, 0.1) is 0 Å². The van der Waals surface area contributed by atoms with E-state index < -0.39 is 19.7 Å². The van der Waals surface area contributed by atoms with Gasteiger partial charge in [-0.3, -0.25) is 0 Å². The third-order valence-corrected chi connectivity index (χ3v) is 3.05. The molecule has 0 aliphatic heterocycles. The molecular formula is C11H12ClO5P. The molecule has 98 valence electrons. The molecule has 1 aromatic rings. The fourth-order valence-electron chi connectivity index (χ4n) is 0.900. The maximum Gasteiger partial charge on any atom is 0.479 e. The van der Waals surface area contributed by atoms with Crippen LogP contribution in [0.2, 0.25) is 0 Å². The van der Waals surface area contributed by atoms with Crippen LogP contribution in [0.25, 0.3) is 0 Å². The van der Waals surface area contributed by atoms with E-state index in [2.05, 4.69) is 15.8 Å². The first-order valence-electron chi connectivity index (χ1n) is 4.92. The maximum atomic E-state index is 11.6. The molecule has 1 aromatic carbocycles. The summed E-state index contributed by atoms with van der Waals surface area (Å²) < 4.78 is 25.8. The maximum absolute atomic E-state index is 11.6. The Hall–Kier alpha value is -1.29. The zero-order chi connectivity index (χ0) is 13.6. The highest BCUT2D eigenvalue weighted by atomic mass is 35.7. The van der Waals surface area contributed by atoms with Gasteiger partial charge >= 0.3 is 12.9 Å². The van der Waals surface area contributed by atoms with E-state index in [1.807, 2.05) is 0 Å². The lowest BCUT2D eigenvalue weighted by Crippen LogP contribution is -2.08. The Morgan fingerprint density at radius 1 is 1.39 bits per heavy atom. The fraction of sp³-hybridized carbons (Fsp3) is 0.182. The van der Waals surface area contributed by atoms with E-state index in [0.29, 0.717) is 5.75 Å². The first-order valence-corrected chi connectivity index (χ1v) is 7.37. The van der Waals surface area contributed by atoms with E-state index in [4.69, 9.17) is 15.8 Å². The largest absolute Gasteiger partial charge is 0.479 e. The number of benzene rings is 1. The summed E-state index contributed by atoms with van der Waals surface area (Å²) in [5.74, 6) is -0.367. The average molecular weight is 291 g/mol. The molecule has 0 bridgehead atoms. The van der Waals surface area contributed by atoms with Gasteiger partial charge in [0.25, 0.3) is 0 Å². The van der Waals surface area contributed by atoms with Crippen molar-refractivity contribution >= 4 is 24.2 Å². The quantitative estimate of drug-likeness (QED) is 0.347. The summed E-state index contributed by atoms with van der Waals surface area (Å²) in [5, 5.41) is 0. The van der Waals surface area contributed by atoms with Crippen LogP contribution in [0.1, 0.15) is 6.92 Å². The average Bonchev–Trinajstić information content (AvgIpc) is 2.29. The molecule has 0 spiro atoms. The molecule has 1 atom stereocenters. The number of para-hydroxylation sites is 1. The van der Waals surface area contributed by atoms with Crippen LogP contribution in [0.3, 0.4) is 0 Å². The SMILES string of the molecule is C=C(C)C(=O)OCOP(=O)(Cl)Oc1ccccc1. The van der Waals surface area contributed by atoms with Crippen molar-refractivity contribution in [1.82, 2.24) is 0 Å². The predicted octanol–water partition coefficient (Wildman–Crippen LogP) is 3.51. The van der Waals surface area contributed by atoms with Crippen molar-refractivity contribution in [1.29, 1.82) is 0 Å². The van der Waals surface area contributed by atoms with Crippen LogP contribution in [0.5, 0.6) is 5.75 Å². The molecule has 0 aliphatic rings.